The maximum atomic E-state index is 13.7. The van der Waals surface area contributed by atoms with Gasteiger partial charge in [-0.3, -0.25) is 14.5 Å². The molecule has 0 saturated carbocycles. The number of thiazole rings is 1. The number of carbonyl (C=O) groups excluding carboxylic acids is 2. The summed E-state index contributed by atoms with van der Waals surface area (Å²) in [5.74, 6) is 0.229. The SMILES string of the molecule is CCCCOc1cccc(C(O)=C2C(=O)C(=O)N(c3nc4ccc(OC)cc4s3)C2c2ccc(OCC)c(OC)c2)c1. The Morgan fingerprint density at radius 3 is 2.52 bits per heavy atom. The van der Waals surface area contributed by atoms with E-state index in [9.17, 15) is 14.7 Å². The molecule has 5 rings (SSSR count). The molecule has 2 heterocycles. The molecule has 0 spiro atoms. The minimum Gasteiger partial charge on any atom is -0.507 e. The van der Waals surface area contributed by atoms with Gasteiger partial charge < -0.3 is 24.1 Å². The summed E-state index contributed by atoms with van der Waals surface area (Å²) in [5.41, 5.74) is 1.49. The highest BCUT2D eigenvalue weighted by atomic mass is 32.1. The van der Waals surface area contributed by atoms with Crippen molar-refractivity contribution in [2.45, 2.75) is 32.7 Å². The van der Waals surface area contributed by atoms with Gasteiger partial charge in [-0.05, 0) is 61.4 Å². The quantitative estimate of drug-likeness (QED) is 0.0914. The molecule has 1 N–H and O–H groups in total. The molecular weight excluding hydrogens is 556 g/mol. The lowest BCUT2D eigenvalue weighted by atomic mass is 9.95. The van der Waals surface area contributed by atoms with E-state index in [0.717, 1.165) is 17.5 Å². The second kappa shape index (κ2) is 12.5. The molecule has 1 amide bonds. The fraction of sp³-hybridized carbons (Fsp3) is 0.281. The Kier molecular flexibility index (Phi) is 8.63. The van der Waals surface area contributed by atoms with Gasteiger partial charge in [0.25, 0.3) is 5.78 Å². The Balaban J connectivity index is 1.67. The molecule has 1 saturated heterocycles. The first-order valence-corrected chi connectivity index (χ1v) is 14.5. The fourth-order valence-corrected chi connectivity index (χ4v) is 5.84. The van der Waals surface area contributed by atoms with E-state index < -0.39 is 17.7 Å². The van der Waals surface area contributed by atoms with Crippen molar-refractivity contribution in [1.29, 1.82) is 0 Å². The van der Waals surface area contributed by atoms with Gasteiger partial charge in [-0.25, -0.2) is 4.98 Å². The molecular formula is C32H32N2O7S. The summed E-state index contributed by atoms with van der Waals surface area (Å²) in [6, 6.07) is 16.5. The standard InChI is InChI=1S/C32H32N2O7S/c1-5-7-15-41-22-10-8-9-20(16-22)29(35)27-28(19-11-14-24(40-6-2)25(17-19)39-4)34(31(37)30(27)36)32-33-23-13-12-21(38-3)18-26(23)42-32/h8-14,16-18,28,35H,5-7,15H2,1-4H3. The number of aliphatic hydroxyl groups excluding tert-OH is 1. The number of rotatable bonds is 11. The number of nitrogens with zero attached hydrogens (tertiary/aromatic N) is 2. The second-order valence-electron chi connectivity index (χ2n) is 9.57. The van der Waals surface area contributed by atoms with Gasteiger partial charge in [0.15, 0.2) is 16.6 Å². The summed E-state index contributed by atoms with van der Waals surface area (Å²) in [5, 5.41) is 11.9. The topological polar surface area (TPSA) is 107 Å². The lowest BCUT2D eigenvalue weighted by Crippen LogP contribution is -2.29. The summed E-state index contributed by atoms with van der Waals surface area (Å²) in [6.45, 7) is 4.90. The first-order chi connectivity index (χ1) is 20.4. The predicted molar refractivity (Wildman–Crippen MR) is 162 cm³/mol. The third-order valence-corrected chi connectivity index (χ3v) is 7.93. The summed E-state index contributed by atoms with van der Waals surface area (Å²) in [7, 11) is 3.09. The number of ketones is 1. The van der Waals surface area contributed by atoms with Crippen molar-refractivity contribution in [2.24, 2.45) is 0 Å². The fourth-order valence-electron chi connectivity index (χ4n) is 4.82. The lowest BCUT2D eigenvalue weighted by molar-refractivity contribution is -0.132. The van der Waals surface area contributed by atoms with Crippen LogP contribution in [0.25, 0.3) is 16.0 Å². The Hall–Kier alpha value is -4.57. The number of methoxy groups -OCH3 is 2. The van der Waals surface area contributed by atoms with Crippen LogP contribution in [0, 0.1) is 0 Å². The molecule has 0 aliphatic carbocycles. The van der Waals surface area contributed by atoms with E-state index in [4.69, 9.17) is 18.9 Å². The monoisotopic (exact) mass is 588 g/mol. The first kappa shape index (κ1) is 28.9. The number of unbranched alkanes of at least 4 members (excludes halogenated alkanes) is 1. The van der Waals surface area contributed by atoms with Gasteiger partial charge in [0.2, 0.25) is 0 Å². The van der Waals surface area contributed by atoms with Crippen LogP contribution < -0.4 is 23.8 Å². The summed E-state index contributed by atoms with van der Waals surface area (Å²) >= 11 is 1.25. The van der Waals surface area contributed by atoms with E-state index >= 15 is 0 Å². The zero-order chi connectivity index (χ0) is 29.8. The third kappa shape index (κ3) is 5.49. The van der Waals surface area contributed by atoms with Crippen molar-refractivity contribution in [3.63, 3.8) is 0 Å². The Morgan fingerprint density at radius 2 is 1.79 bits per heavy atom. The van der Waals surface area contributed by atoms with Gasteiger partial charge >= 0.3 is 5.91 Å². The molecule has 10 heteroatoms. The van der Waals surface area contributed by atoms with Gasteiger partial charge in [-0.15, -0.1) is 0 Å². The Morgan fingerprint density at radius 1 is 0.952 bits per heavy atom. The van der Waals surface area contributed by atoms with E-state index in [1.165, 1.54) is 23.3 Å². The van der Waals surface area contributed by atoms with Crippen LogP contribution in [0.5, 0.6) is 23.0 Å². The number of hydrogen-bond donors (Lipinski definition) is 1. The number of amides is 1. The normalized spacial score (nSPS) is 16.2. The Bertz CT molecular complexity index is 1660. The summed E-state index contributed by atoms with van der Waals surface area (Å²) in [6.07, 6.45) is 1.86. The van der Waals surface area contributed by atoms with Gasteiger partial charge in [-0.1, -0.05) is 42.9 Å². The van der Waals surface area contributed by atoms with E-state index in [2.05, 4.69) is 11.9 Å². The average molecular weight is 589 g/mol. The zero-order valence-electron chi connectivity index (χ0n) is 23.9. The molecule has 42 heavy (non-hydrogen) atoms. The summed E-state index contributed by atoms with van der Waals surface area (Å²) < 4.78 is 23.2. The van der Waals surface area contributed by atoms with E-state index in [0.29, 0.717) is 58.0 Å². The van der Waals surface area contributed by atoms with Crippen molar-refractivity contribution in [3.8, 4) is 23.0 Å². The highest BCUT2D eigenvalue weighted by Crippen LogP contribution is 2.46. The van der Waals surface area contributed by atoms with Crippen LogP contribution in [0.15, 0.2) is 66.2 Å². The van der Waals surface area contributed by atoms with E-state index in [1.54, 1.807) is 61.7 Å². The van der Waals surface area contributed by atoms with Gasteiger partial charge in [0.05, 0.1) is 49.3 Å². The number of aromatic nitrogens is 1. The maximum Gasteiger partial charge on any atom is 0.301 e. The molecule has 3 aromatic carbocycles. The van der Waals surface area contributed by atoms with Gasteiger partial charge in [-0.2, -0.15) is 0 Å². The van der Waals surface area contributed by atoms with Gasteiger partial charge in [0.1, 0.15) is 17.3 Å². The number of aliphatic hydroxyl groups is 1. The minimum atomic E-state index is -0.985. The highest BCUT2D eigenvalue weighted by Gasteiger charge is 2.48. The Labute approximate surface area is 247 Å². The largest absolute Gasteiger partial charge is 0.507 e. The zero-order valence-corrected chi connectivity index (χ0v) is 24.7. The third-order valence-electron chi connectivity index (χ3n) is 6.91. The summed E-state index contributed by atoms with van der Waals surface area (Å²) in [4.78, 5) is 33.4. The van der Waals surface area contributed by atoms with Crippen LogP contribution >= 0.6 is 11.3 Å². The van der Waals surface area contributed by atoms with Crippen molar-refractivity contribution >= 4 is 44.1 Å². The number of benzene rings is 3. The number of hydrogen-bond acceptors (Lipinski definition) is 9. The number of ether oxygens (including phenoxy) is 4. The van der Waals surface area contributed by atoms with E-state index in [1.807, 2.05) is 13.0 Å². The second-order valence-corrected chi connectivity index (χ2v) is 10.6. The molecule has 4 aromatic rings. The van der Waals surface area contributed by atoms with Gasteiger partial charge in [0, 0.05) is 5.56 Å². The molecule has 1 atom stereocenters. The smallest absolute Gasteiger partial charge is 0.301 e. The van der Waals surface area contributed by atoms with Crippen molar-refractivity contribution < 1.29 is 33.6 Å². The van der Waals surface area contributed by atoms with Crippen molar-refractivity contribution in [3.05, 3.63) is 77.4 Å². The van der Waals surface area contributed by atoms with Crippen molar-refractivity contribution in [2.75, 3.05) is 32.3 Å². The number of Topliss-reactive ketones (excluding diaryl/α,β-unsaturated/α-hetero) is 1. The molecule has 0 radical (unpaired) electrons. The molecule has 1 aromatic heterocycles. The van der Waals surface area contributed by atoms with Crippen LogP contribution in [-0.4, -0.2) is 49.2 Å². The molecule has 1 fully saturated rings. The first-order valence-electron chi connectivity index (χ1n) is 13.7. The molecule has 1 aliphatic heterocycles. The lowest BCUT2D eigenvalue weighted by Gasteiger charge is -2.24. The average Bonchev–Trinajstić information content (AvgIpc) is 3.54. The number of anilines is 1. The molecule has 9 nitrogen and oxygen atoms in total. The molecule has 218 valence electrons. The van der Waals surface area contributed by atoms with Crippen LogP contribution in [0.4, 0.5) is 5.13 Å². The maximum absolute atomic E-state index is 13.7. The highest BCUT2D eigenvalue weighted by molar-refractivity contribution is 7.22. The number of carbonyl (C=O) groups is 2. The molecule has 1 aliphatic rings. The molecule has 1 unspecified atom stereocenters. The van der Waals surface area contributed by atoms with Crippen LogP contribution in [-0.2, 0) is 9.59 Å². The van der Waals surface area contributed by atoms with Crippen LogP contribution in [0.3, 0.4) is 0 Å². The predicted octanol–water partition coefficient (Wildman–Crippen LogP) is 6.52. The van der Waals surface area contributed by atoms with E-state index in [-0.39, 0.29) is 11.3 Å². The van der Waals surface area contributed by atoms with Crippen LogP contribution in [0.2, 0.25) is 0 Å². The van der Waals surface area contributed by atoms with Crippen molar-refractivity contribution in [1.82, 2.24) is 4.98 Å². The van der Waals surface area contributed by atoms with Crippen LogP contribution in [0.1, 0.15) is 43.9 Å². The number of fused-ring (bicyclic) bond motifs is 1. The minimum absolute atomic E-state index is 0.0613. The molecule has 0 bridgehead atoms.